The normalized spacial score (nSPS) is 37.9. The Balaban J connectivity index is 1.37. The quantitative estimate of drug-likeness (QED) is 0.566. The number of nitrogens with one attached hydrogen (secondary N) is 2. The lowest BCUT2D eigenvalue weighted by Crippen LogP contribution is -2.63. The van der Waals surface area contributed by atoms with Gasteiger partial charge in [0.05, 0.1) is 23.7 Å². The summed E-state index contributed by atoms with van der Waals surface area (Å²) in [5, 5.41) is 7.24. The highest BCUT2D eigenvalue weighted by molar-refractivity contribution is 6.09. The lowest BCUT2D eigenvalue weighted by molar-refractivity contribution is -0.145. The molecule has 5 rings (SSSR count). The van der Waals surface area contributed by atoms with Crippen molar-refractivity contribution >= 4 is 23.6 Å². The van der Waals surface area contributed by atoms with Gasteiger partial charge in [0.15, 0.2) is 0 Å². The van der Waals surface area contributed by atoms with Gasteiger partial charge in [0.25, 0.3) is 0 Å². The summed E-state index contributed by atoms with van der Waals surface area (Å²) in [4.78, 5) is 57.7. The van der Waals surface area contributed by atoms with Crippen molar-refractivity contribution in [2.24, 2.45) is 23.7 Å². The van der Waals surface area contributed by atoms with Crippen LogP contribution in [0.25, 0.3) is 0 Å². The summed E-state index contributed by atoms with van der Waals surface area (Å²) < 4.78 is 0. The molecule has 0 radical (unpaired) electrons. The van der Waals surface area contributed by atoms with E-state index in [1.165, 1.54) is 9.80 Å². The van der Waals surface area contributed by atoms with Crippen molar-refractivity contribution in [1.82, 2.24) is 20.4 Å². The van der Waals surface area contributed by atoms with E-state index in [9.17, 15) is 19.2 Å². The molecule has 4 heterocycles. The zero-order chi connectivity index (χ0) is 26.6. The number of imide groups is 2. The van der Waals surface area contributed by atoms with Crippen LogP contribution in [0.15, 0.2) is 0 Å². The maximum atomic E-state index is 13.7. The SMILES string of the molecule is CC1(C)CC(N2C(=O)C3CC4C(=O)N(C5CC(C)(C)NC(C)(C)C5)C(=O)C4CC3C2=O)CC(C)(C)N1. The first-order valence-corrected chi connectivity index (χ1v) is 13.7. The Morgan fingerprint density at radius 3 is 0.944 bits per heavy atom. The molecule has 0 spiro atoms. The van der Waals surface area contributed by atoms with Gasteiger partial charge < -0.3 is 10.6 Å². The first kappa shape index (κ1) is 25.8. The van der Waals surface area contributed by atoms with Gasteiger partial charge in [-0.1, -0.05) is 0 Å². The van der Waals surface area contributed by atoms with Crippen molar-refractivity contribution in [3.05, 3.63) is 0 Å². The van der Waals surface area contributed by atoms with Gasteiger partial charge in [0, 0.05) is 34.2 Å². The van der Waals surface area contributed by atoms with Crippen molar-refractivity contribution in [1.29, 1.82) is 0 Å². The number of fused-ring (bicyclic) bond motifs is 2. The summed E-state index contributed by atoms with van der Waals surface area (Å²) in [5.41, 5.74) is -0.777. The minimum Gasteiger partial charge on any atom is -0.307 e. The summed E-state index contributed by atoms with van der Waals surface area (Å²) in [6.45, 7) is 16.9. The first-order valence-electron chi connectivity index (χ1n) is 13.7. The van der Waals surface area contributed by atoms with Crippen LogP contribution in [-0.4, -0.2) is 67.7 Å². The van der Waals surface area contributed by atoms with E-state index < -0.39 is 23.7 Å². The van der Waals surface area contributed by atoms with Crippen LogP contribution >= 0.6 is 0 Å². The third-order valence-electron chi connectivity index (χ3n) is 9.27. The molecule has 36 heavy (non-hydrogen) atoms. The van der Waals surface area contributed by atoms with E-state index in [1.807, 2.05) is 0 Å². The molecule has 4 amide bonds. The van der Waals surface area contributed by atoms with Gasteiger partial charge in [-0.2, -0.15) is 0 Å². The van der Waals surface area contributed by atoms with Crippen molar-refractivity contribution in [3.63, 3.8) is 0 Å². The summed E-state index contributed by atoms with van der Waals surface area (Å²) in [6, 6.07) is -0.326. The molecular weight excluding hydrogens is 456 g/mol. The minimum absolute atomic E-state index is 0.134. The number of nitrogens with zero attached hydrogens (tertiary/aromatic N) is 2. The highest BCUT2D eigenvalue weighted by atomic mass is 16.2. The van der Waals surface area contributed by atoms with Crippen LogP contribution in [0.2, 0.25) is 0 Å². The largest absolute Gasteiger partial charge is 0.307 e. The standard InChI is InChI=1S/C28H44N4O4/c1-25(2)11-15(12-26(3,4)29-25)31-21(33)17-9-19-20(10-18(17)22(31)34)24(36)32(23(19)35)16-13-27(5,6)30-28(7,8)14-16/h15-20,29-30H,9-14H2,1-8H3. The fourth-order valence-electron chi connectivity index (χ4n) is 8.85. The predicted molar refractivity (Wildman–Crippen MR) is 136 cm³/mol. The van der Waals surface area contributed by atoms with Crippen molar-refractivity contribution in [3.8, 4) is 0 Å². The minimum atomic E-state index is -0.488. The molecule has 1 aliphatic carbocycles. The Labute approximate surface area is 215 Å². The molecule has 0 aromatic heterocycles. The fourth-order valence-corrected chi connectivity index (χ4v) is 8.85. The second-order valence-corrected chi connectivity index (χ2v) is 14.9. The number of hydrogen-bond acceptors (Lipinski definition) is 6. The van der Waals surface area contributed by atoms with Gasteiger partial charge in [-0.15, -0.1) is 0 Å². The fraction of sp³-hybridized carbons (Fsp3) is 0.857. The Kier molecular flexibility index (Phi) is 5.64. The molecule has 4 aliphatic heterocycles. The molecule has 2 N–H and O–H groups in total. The van der Waals surface area contributed by atoms with E-state index in [0.717, 1.165) is 0 Å². The second-order valence-electron chi connectivity index (χ2n) is 14.9. The number of amides is 4. The maximum Gasteiger partial charge on any atom is 0.233 e. The molecule has 200 valence electrons. The van der Waals surface area contributed by atoms with Gasteiger partial charge in [-0.05, 0) is 93.9 Å². The average Bonchev–Trinajstić information content (AvgIpc) is 3.06. The Morgan fingerprint density at radius 1 is 0.500 bits per heavy atom. The van der Waals surface area contributed by atoms with E-state index in [4.69, 9.17) is 0 Å². The molecule has 4 saturated heterocycles. The topological polar surface area (TPSA) is 98.8 Å². The van der Waals surface area contributed by atoms with Crippen LogP contribution in [0.5, 0.6) is 0 Å². The number of piperidine rings is 2. The lowest BCUT2D eigenvalue weighted by atomic mass is 9.70. The third kappa shape index (κ3) is 4.22. The van der Waals surface area contributed by atoms with Crippen LogP contribution in [0.1, 0.15) is 93.9 Å². The lowest BCUT2D eigenvalue weighted by Gasteiger charge is -2.48. The van der Waals surface area contributed by atoms with Crippen LogP contribution in [0.3, 0.4) is 0 Å². The molecule has 5 aliphatic rings. The van der Waals surface area contributed by atoms with Crippen molar-refractivity contribution in [2.45, 2.75) is 128 Å². The molecule has 0 aromatic carbocycles. The van der Waals surface area contributed by atoms with Gasteiger partial charge in [0.2, 0.25) is 23.6 Å². The molecule has 1 saturated carbocycles. The molecular formula is C28H44N4O4. The van der Waals surface area contributed by atoms with E-state index in [1.54, 1.807) is 0 Å². The van der Waals surface area contributed by atoms with Crippen LogP contribution < -0.4 is 10.6 Å². The van der Waals surface area contributed by atoms with Gasteiger partial charge in [-0.3, -0.25) is 29.0 Å². The molecule has 4 atom stereocenters. The summed E-state index contributed by atoms with van der Waals surface area (Å²) in [5.74, 6) is -2.49. The van der Waals surface area contributed by atoms with Crippen molar-refractivity contribution in [2.75, 3.05) is 0 Å². The number of likely N-dealkylation sites (tertiary alicyclic amines) is 2. The zero-order valence-corrected chi connectivity index (χ0v) is 23.2. The van der Waals surface area contributed by atoms with E-state index >= 15 is 0 Å². The number of rotatable bonds is 2. The third-order valence-corrected chi connectivity index (χ3v) is 9.27. The zero-order valence-electron chi connectivity index (χ0n) is 23.2. The smallest absolute Gasteiger partial charge is 0.233 e. The van der Waals surface area contributed by atoms with Crippen LogP contribution in [0.4, 0.5) is 0 Å². The number of hydrogen-bond donors (Lipinski definition) is 2. The highest BCUT2D eigenvalue weighted by Gasteiger charge is 2.62. The van der Waals surface area contributed by atoms with E-state index in [-0.39, 0.29) is 57.9 Å². The first-order chi connectivity index (χ1) is 16.4. The molecule has 4 unspecified atom stereocenters. The molecule has 8 heteroatoms. The van der Waals surface area contributed by atoms with Gasteiger partial charge >= 0.3 is 0 Å². The summed E-state index contributed by atoms with van der Waals surface area (Å²) >= 11 is 0. The van der Waals surface area contributed by atoms with E-state index in [2.05, 4.69) is 66.0 Å². The van der Waals surface area contributed by atoms with Gasteiger partial charge in [0.1, 0.15) is 0 Å². The highest BCUT2D eigenvalue weighted by Crippen LogP contribution is 2.50. The number of carbonyl (C=O) groups excluding carboxylic acids is 4. The van der Waals surface area contributed by atoms with Crippen LogP contribution in [-0.2, 0) is 19.2 Å². The predicted octanol–water partition coefficient (Wildman–Crippen LogP) is 2.60. The average molecular weight is 501 g/mol. The second kappa shape index (κ2) is 7.85. The molecule has 5 fully saturated rings. The van der Waals surface area contributed by atoms with Crippen LogP contribution in [0, 0.1) is 23.7 Å². The Hall–Kier alpha value is -1.80. The summed E-state index contributed by atoms with van der Waals surface area (Å²) in [6.07, 6.45) is 3.43. The van der Waals surface area contributed by atoms with Crippen molar-refractivity contribution < 1.29 is 19.2 Å². The van der Waals surface area contributed by atoms with Gasteiger partial charge in [-0.25, -0.2) is 0 Å². The van der Waals surface area contributed by atoms with E-state index in [0.29, 0.717) is 38.5 Å². The molecule has 0 aromatic rings. The molecule has 8 nitrogen and oxygen atoms in total. The Bertz CT molecular complexity index is 863. The summed E-state index contributed by atoms with van der Waals surface area (Å²) in [7, 11) is 0. The monoisotopic (exact) mass is 500 g/mol. The number of carbonyl (C=O) groups is 4. The molecule has 0 bridgehead atoms. The maximum absolute atomic E-state index is 13.7. The Morgan fingerprint density at radius 2 is 0.722 bits per heavy atom.